The van der Waals surface area contributed by atoms with Crippen molar-refractivity contribution in [3.05, 3.63) is 24.2 Å². The van der Waals surface area contributed by atoms with Crippen molar-refractivity contribution < 1.29 is 23.5 Å². The van der Waals surface area contributed by atoms with Crippen LogP contribution in [0.1, 0.15) is 32.1 Å². The normalized spacial score (nSPS) is 33.2. The van der Waals surface area contributed by atoms with E-state index in [2.05, 4.69) is 5.32 Å². The molecule has 23 heavy (non-hydrogen) atoms. The fourth-order valence-corrected chi connectivity index (χ4v) is 3.77. The summed E-state index contributed by atoms with van der Waals surface area (Å²) in [7, 11) is 1.45. The molecular formula is C16H20N2O5. The molecule has 0 aromatic carbocycles. The van der Waals surface area contributed by atoms with Gasteiger partial charge in [-0.3, -0.25) is 24.6 Å². The molecule has 7 heteroatoms. The Morgan fingerprint density at radius 3 is 2.70 bits per heavy atom. The first kappa shape index (κ1) is 15.7. The summed E-state index contributed by atoms with van der Waals surface area (Å²) >= 11 is 0. The van der Waals surface area contributed by atoms with Crippen LogP contribution in [0.25, 0.3) is 0 Å². The third kappa shape index (κ3) is 2.03. The molecule has 2 aliphatic heterocycles. The second-order valence-electron chi connectivity index (χ2n) is 5.92. The van der Waals surface area contributed by atoms with Crippen LogP contribution in [0.4, 0.5) is 0 Å². The first-order chi connectivity index (χ1) is 11.0. The predicted octanol–water partition coefficient (Wildman–Crippen LogP) is 0.867. The van der Waals surface area contributed by atoms with Gasteiger partial charge in [-0.15, -0.1) is 0 Å². The largest absolute Gasteiger partial charge is 0.468 e. The summed E-state index contributed by atoms with van der Waals surface area (Å²) in [5, 5.41) is 3.19. The summed E-state index contributed by atoms with van der Waals surface area (Å²) in [5.41, 5.74) is -1.21. The maximum atomic E-state index is 12.6. The SMILES string of the molecule is CCOC(=O)[C@]1(CC)N[C@@H](c2ccco2)[C@H]2C(=O)N(C)C(=O)[C@H]21. The third-order valence-corrected chi connectivity index (χ3v) is 4.92. The lowest BCUT2D eigenvalue weighted by molar-refractivity contribution is -0.156. The van der Waals surface area contributed by atoms with Gasteiger partial charge in [0, 0.05) is 7.05 Å². The molecule has 0 radical (unpaired) electrons. The zero-order valence-corrected chi connectivity index (χ0v) is 13.4. The van der Waals surface area contributed by atoms with Crippen molar-refractivity contribution in [1.29, 1.82) is 0 Å². The average Bonchev–Trinajstić information content (AvgIpc) is 3.22. The molecule has 124 valence electrons. The number of nitrogens with zero attached hydrogens (tertiary/aromatic N) is 1. The number of ether oxygens (including phenoxy) is 1. The standard InChI is InChI=1S/C16H20N2O5/c1-4-16(15(21)22-5-2)11-10(13(19)18(3)14(11)20)12(17-16)9-7-6-8-23-9/h6-8,10-12,17H,4-5H2,1-3H3/t10-,11-,12-,16+/m0/s1. The molecule has 3 rings (SSSR count). The second-order valence-corrected chi connectivity index (χ2v) is 5.92. The van der Waals surface area contributed by atoms with Gasteiger partial charge in [-0.05, 0) is 25.5 Å². The first-order valence-corrected chi connectivity index (χ1v) is 7.77. The Morgan fingerprint density at radius 1 is 1.39 bits per heavy atom. The molecule has 0 bridgehead atoms. The minimum atomic E-state index is -1.21. The van der Waals surface area contributed by atoms with Gasteiger partial charge in [0.1, 0.15) is 11.3 Å². The molecule has 3 heterocycles. The molecular weight excluding hydrogens is 300 g/mol. The number of likely N-dealkylation sites (tertiary alicyclic amines) is 1. The van der Waals surface area contributed by atoms with Gasteiger partial charge in [-0.1, -0.05) is 6.92 Å². The van der Waals surface area contributed by atoms with E-state index in [1.807, 2.05) is 6.92 Å². The number of fused-ring (bicyclic) bond motifs is 1. The van der Waals surface area contributed by atoms with Crippen molar-refractivity contribution in [2.45, 2.75) is 31.8 Å². The highest BCUT2D eigenvalue weighted by atomic mass is 16.5. The molecule has 2 saturated heterocycles. The molecule has 2 aliphatic rings. The molecule has 1 aromatic heterocycles. The molecule has 1 aromatic rings. The van der Waals surface area contributed by atoms with Crippen LogP contribution in [0.15, 0.2) is 22.8 Å². The highest BCUT2D eigenvalue weighted by molar-refractivity contribution is 6.09. The number of hydrogen-bond donors (Lipinski definition) is 1. The number of hydrogen-bond acceptors (Lipinski definition) is 6. The van der Waals surface area contributed by atoms with Gasteiger partial charge in [0.25, 0.3) is 0 Å². The maximum absolute atomic E-state index is 12.6. The van der Waals surface area contributed by atoms with Crippen molar-refractivity contribution in [3.63, 3.8) is 0 Å². The molecule has 0 spiro atoms. The highest BCUT2D eigenvalue weighted by Crippen LogP contribution is 2.50. The Morgan fingerprint density at radius 2 is 2.13 bits per heavy atom. The van der Waals surface area contributed by atoms with E-state index in [1.165, 1.54) is 13.3 Å². The zero-order chi connectivity index (χ0) is 16.8. The lowest BCUT2D eigenvalue weighted by atomic mass is 9.78. The van der Waals surface area contributed by atoms with Crippen LogP contribution in [-0.2, 0) is 19.1 Å². The molecule has 1 N–H and O–H groups in total. The van der Waals surface area contributed by atoms with E-state index < -0.39 is 29.4 Å². The van der Waals surface area contributed by atoms with E-state index in [4.69, 9.17) is 9.15 Å². The number of amides is 2. The minimum Gasteiger partial charge on any atom is -0.468 e. The van der Waals surface area contributed by atoms with E-state index in [0.29, 0.717) is 12.2 Å². The van der Waals surface area contributed by atoms with E-state index in [9.17, 15) is 14.4 Å². The number of carbonyl (C=O) groups excluding carboxylic acids is 3. The van der Waals surface area contributed by atoms with Gasteiger partial charge >= 0.3 is 5.97 Å². The molecule has 0 aliphatic carbocycles. The minimum absolute atomic E-state index is 0.211. The van der Waals surface area contributed by atoms with Crippen molar-refractivity contribution >= 4 is 17.8 Å². The topological polar surface area (TPSA) is 88.8 Å². The summed E-state index contributed by atoms with van der Waals surface area (Å²) in [6.45, 7) is 3.73. The summed E-state index contributed by atoms with van der Waals surface area (Å²) in [5.74, 6) is -2.05. The summed E-state index contributed by atoms with van der Waals surface area (Å²) in [4.78, 5) is 38.9. The number of esters is 1. The molecule has 4 atom stereocenters. The fourth-order valence-electron chi connectivity index (χ4n) is 3.77. The quantitative estimate of drug-likeness (QED) is 0.654. The van der Waals surface area contributed by atoms with Gasteiger partial charge in [-0.2, -0.15) is 0 Å². The zero-order valence-electron chi connectivity index (χ0n) is 13.4. The average molecular weight is 320 g/mol. The summed E-state index contributed by atoms with van der Waals surface area (Å²) < 4.78 is 10.6. The predicted molar refractivity (Wildman–Crippen MR) is 79.0 cm³/mol. The molecule has 2 amide bonds. The summed E-state index contributed by atoms with van der Waals surface area (Å²) in [6.07, 6.45) is 1.85. The number of furan rings is 1. The Kier molecular flexibility index (Phi) is 3.75. The lowest BCUT2D eigenvalue weighted by Crippen LogP contribution is -2.55. The first-order valence-electron chi connectivity index (χ1n) is 7.77. The lowest BCUT2D eigenvalue weighted by Gasteiger charge is -2.31. The van der Waals surface area contributed by atoms with Gasteiger partial charge in [0.2, 0.25) is 11.8 Å². The van der Waals surface area contributed by atoms with Gasteiger partial charge in [-0.25, -0.2) is 0 Å². The summed E-state index contributed by atoms with van der Waals surface area (Å²) in [6, 6.07) is 2.93. The molecule has 0 unspecified atom stereocenters. The molecule has 7 nitrogen and oxygen atoms in total. The number of nitrogens with one attached hydrogen (secondary N) is 1. The Bertz CT molecular complexity index is 641. The van der Waals surface area contributed by atoms with E-state index in [-0.39, 0.29) is 18.4 Å². The number of rotatable bonds is 4. The fraction of sp³-hybridized carbons (Fsp3) is 0.562. The van der Waals surface area contributed by atoms with Crippen molar-refractivity contribution in [2.24, 2.45) is 11.8 Å². The van der Waals surface area contributed by atoms with Crippen molar-refractivity contribution in [3.8, 4) is 0 Å². The molecule has 0 saturated carbocycles. The second kappa shape index (κ2) is 5.49. The maximum Gasteiger partial charge on any atom is 0.327 e. The van der Waals surface area contributed by atoms with Crippen molar-refractivity contribution in [2.75, 3.05) is 13.7 Å². The number of carbonyl (C=O) groups is 3. The third-order valence-electron chi connectivity index (χ3n) is 4.92. The smallest absolute Gasteiger partial charge is 0.327 e. The van der Waals surface area contributed by atoms with Gasteiger partial charge < -0.3 is 9.15 Å². The van der Waals surface area contributed by atoms with E-state index in [0.717, 1.165) is 4.90 Å². The van der Waals surface area contributed by atoms with Gasteiger partial charge in [0.15, 0.2) is 0 Å². The van der Waals surface area contributed by atoms with Crippen LogP contribution >= 0.6 is 0 Å². The van der Waals surface area contributed by atoms with Crippen LogP contribution in [0, 0.1) is 11.8 Å². The van der Waals surface area contributed by atoms with Crippen LogP contribution in [0.2, 0.25) is 0 Å². The Balaban J connectivity index is 2.10. The highest BCUT2D eigenvalue weighted by Gasteiger charge is 2.68. The van der Waals surface area contributed by atoms with Crippen LogP contribution < -0.4 is 5.32 Å². The Hall–Kier alpha value is -2.15. The van der Waals surface area contributed by atoms with Crippen molar-refractivity contribution in [1.82, 2.24) is 10.2 Å². The van der Waals surface area contributed by atoms with Crippen LogP contribution in [-0.4, -0.2) is 41.9 Å². The molecule has 2 fully saturated rings. The van der Waals surface area contributed by atoms with E-state index >= 15 is 0 Å². The van der Waals surface area contributed by atoms with E-state index in [1.54, 1.807) is 19.1 Å². The Labute approximate surface area is 134 Å². The van der Waals surface area contributed by atoms with Crippen LogP contribution in [0.5, 0.6) is 0 Å². The van der Waals surface area contributed by atoms with Crippen LogP contribution in [0.3, 0.4) is 0 Å². The monoisotopic (exact) mass is 320 g/mol. The number of imide groups is 1. The van der Waals surface area contributed by atoms with Gasteiger partial charge in [0.05, 0.1) is 30.7 Å².